The van der Waals surface area contributed by atoms with Crippen LogP contribution in [0.4, 0.5) is 10.5 Å². The summed E-state index contributed by atoms with van der Waals surface area (Å²) in [5.41, 5.74) is 1.35. The molecule has 2 amide bonds. The monoisotopic (exact) mass is 526 g/mol. The van der Waals surface area contributed by atoms with Gasteiger partial charge in [0.05, 0.1) is 19.6 Å². The summed E-state index contributed by atoms with van der Waals surface area (Å²) in [7, 11) is 0. The summed E-state index contributed by atoms with van der Waals surface area (Å²) in [6.45, 7) is 5.14. The van der Waals surface area contributed by atoms with Gasteiger partial charge in [0, 0.05) is 5.69 Å². The first-order valence-corrected chi connectivity index (χ1v) is 13.7. The summed E-state index contributed by atoms with van der Waals surface area (Å²) in [5.74, 6) is -0.439. The van der Waals surface area contributed by atoms with Gasteiger partial charge in [0.25, 0.3) is 0 Å². The van der Waals surface area contributed by atoms with Crippen LogP contribution in [-0.2, 0) is 25.7 Å². The number of unbranched alkanes of at least 4 members (excludes halogenated alkanes) is 6. The lowest BCUT2D eigenvalue weighted by atomic mass is 10.1. The van der Waals surface area contributed by atoms with Gasteiger partial charge in [-0.25, -0.2) is 4.79 Å². The van der Waals surface area contributed by atoms with Gasteiger partial charge in [-0.2, -0.15) is 0 Å². The summed E-state index contributed by atoms with van der Waals surface area (Å²) >= 11 is 0. The maximum absolute atomic E-state index is 13.0. The van der Waals surface area contributed by atoms with Crippen LogP contribution >= 0.6 is 0 Å². The molecule has 2 N–H and O–H groups in total. The fourth-order valence-electron chi connectivity index (χ4n) is 3.60. The van der Waals surface area contributed by atoms with Crippen molar-refractivity contribution in [3.63, 3.8) is 0 Å². The highest BCUT2D eigenvalue weighted by Gasteiger charge is 2.25. The number of rotatable bonds is 18. The molecule has 0 unspecified atom stereocenters. The zero-order chi connectivity index (χ0) is 27.4. The fraction of sp³-hybridized carbons (Fsp3) is 0.500. The van der Waals surface area contributed by atoms with Crippen molar-refractivity contribution in [1.29, 1.82) is 0 Å². The van der Waals surface area contributed by atoms with E-state index in [1.807, 2.05) is 37.3 Å². The van der Waals surface area contributed by atoms with Crippen molar-refractivity contribution in [3.8, 4) is 5.75 Å². The maximum atomic E-state index is 13.0. The molecule has 208 valence electrons. The topological polar surface area (TPSA) is 103 Å². The van der Waals surface area contributed by atoms with Crippen LogP contribution in [0.2, 0.25) is 0 Å². The summed E-state index contributed by atoms with van der Waals surface area (Å²) in [6, 6.07) is 15.1. The number of benzene rings is 2. The van der Waals surface area contributed by atoms with Gasteiger partial charge in [0.1, 0.15) is 18.4 Å². The van der Waals surface area contributed by atoms with Crippen LogP contribution in [-0.4, -0.2) is 37.2 Å². The minimum atomic E-state index is -1.16. The SMILES string of the molecule is CCCCCCCCOc1ccc(NC(=O)[C@H](CC(=O)OCc2ccccc2)NC(=O)OCCCC)cc1. The molecule has 8 heteroatoms. The van der Waals surface area contributed by atoms with Gasteiger partial charge in [-0.3, -0.25) is 9.59 Å². The molecule has 0 bridgehead atoms. The number of nitrogens with one attached hydrogen (secondary N) is 2. The predicted octanol–water partition coefficient (Wildman–Crippen LogP) is 6.39. The average Bonchev–Trinajstić information content (AvgIpc) is 2.92. The molecule has 0 aliphatic rings. The molecule has 0 spiro atoms. The van der Waals surface area contributed by atoms with Gasteiger partial charge in [0.15, 0.2) is 0 Å². The molecule has 0 radical (unpaired) electrons. The Bertz CT molecular complexity index is 949. The molecule has 2 aromatic carbocycles. The largest absolute Gasteiger partial charge is 0.494 e. The lowest BCUT2D eigenvalue weighted by molar-refractivity contribution is -0.146. The molecule has 2 rings (SSSR count). The summed E-state index contributed by atoms with van der Waals surface area (Å²) in [5, 5.41) is 5.23. The predicted molar refractivity (Wildman–Crippen MR) is 148 cm³/mol. The van der Waals surface area contributed by atoms with Crippen LogP contribution in [0.15, 0.2) is 54.6 Å². The highest BCUT2D eigenvalue weighted by Crippen LogP contribution is 2.17. The first-order chi connectivity index (χ1) is 18.5. The van der Waals surface area contributed by atoms with E-state index in [0.29, 0.717) is 18.7 Å². The van der Waals surface area contributed by atoms with E-state index in [-0.39, 0.29) is 19.6 Å². The molecule has 38 heavy (non-hydrogen) atoms. The number of hydrogen-bond donors (Lipinski definition) is 2. The first-order valence-electron chi connectivity index (χ1n) is 13.7. The van der Waals surface area contributed by atoms with Crippen LogP contribution in [0.25, 0.3) is 0 Å². The van der Waals surface area contributed by atoms with Crippen LogP contribution in [0, 0.1) is 0 Å². The van der Waals surface area contributed by atoms with Crippen LogP contribution in [0.3, 0.4) is 0 Å². The van der Waals surface area contributed by atoms with Crippen molar-refractivity contribution in [1.82, 2.24) is 5.32 Å². The number of ether oxygens (including phenoxy) is 3. The van der Waals surface area contributed by atoms with Crippen molar-refractivity contribution in [2.24, 2.45) is 0 Å². The van der Waals surface area contributed by atoms with Crippen LogP contribution < -0.4 is 15.4 Å². The summed E-state index contributed by atoms with van der Waals surface area (Å²) < 4.78 is 16.2. The van der Waals surface area contributed by atoms with Gasteiger partial charge in [-0.1, -0.05) is 82.7 Å². The Morgan fingerprint density at radius 1 is 0.763 bits per heavy atom. The Morgan fingerprint density at radius 2 is 1.45 bits per heavy atom. The summed E-state index contributed by atoms with van der Waals surface area (Å²) in [6.07, 6.45) is 7.64. The number of carbonyl (C=O) groups excluding carboxylic acids is 3. The molecule has 0 saturated carbocycles. The molecule has 8 nitrogen and oxygen atoms in total. The Kier molecular flexibility index (Phi) is 15.1. The van der Waals surface area contributed by atoms with E-state index in [2.05, 4.69) is 17.6 Å². The highest BCUT2D eigenvalue weighted by molar-refractivity contribution is 5.98. The Hall–Kier alpha value is -3.55. The fourth-order valence-corrected chi connectivity index (χ4v) is 3.60. The van der Waals surface area contributed by atoms with Gasteiger partial charge in [0.2, 0.25) is 5.91 Å². The average molecular weight is 527 g/mol. The normalized spacial score (nSPS) is 11.3. The minimum Gasteiger partial charge on any atom is -0.494 e. The standard InChI is InChI=1S/C30H42N2O6/c1-3-5-7-8-9-13-21-36-26-18-16-25(17-19-26)31-29(34)27(32-30(35)37-20-6-4-2)22-28(33)38-23-24-14-11-10-12-15-24/h10-12,14-19,27H,3-9,13,20-23H2,1-2H3,(H,31,34)(H,32,35)/t27-/m0/s1. The molecule has 2 aromatic rings. The van der Waals surface area contributed by atoms with E-state index in [9.17, 15) is 14.4 Å². The molecule has 0 saturated heterocycles. The van der Waals surface area contributed by atoms with E-state index in [1.54, 1.807) is 24.3 Å². The molecule has 0 aromatic heterocycles. The second kappa shape index (κ2) is 18.7. The molecular formula is C30H42N2O6. The van der Waals surface area contributed by atoms with Gasteiger partial charge >= 0.3 is 12.1 Å². The van der Waals surface area contributed by atoms with Crippen LogP contribution in [0.1, 0.15) is 77.2 Å². The molecule has 1 atom stereocenters. The highest BCUT2D eigenvalue weighted by atomic mass is 16.5. The second-order valence-corrected chi connectivity index (χ2v) is 9.17. The third-order valence-electron chi connectivity index (χ3n) is 5.84. The molecular weight excluding hydrogens is 484 g/mol. The van der Waals surface area contributed by atoms with E-state index < -0.39 is 24.0 Å². The molecule has 0 aliphatic heterocycles. The molecule has 0 aliphatic carbocycles. The van der Waals surface area contributed by atoms with Crippen molar-refractivity contribution in [2.75, 3.05) is 18.5 Å². The third kappa shape index (κ3) is 13.1. The Labute approximate surface area is 226 Å². The third-order valence-corrected chi connectivity index (χ3v) is 5.84. The summed E-state index contributed by atoms with van der Waals surface area (Å²) in [4.78, 5) is 37.6. The Balaban J connectivity index is 1.88. The quantitative estimate of drug-likeness (QED) is 0.172. The lowest BCUT2D eigenvalue weighted by Gasteiger charge is -2.18. The van der Waals surface area contributed by atoms with Crippen molar-refractivity contribution in [2.45, 2.75) is 84.3 Å². The second-order valence-electron chi connectivity index (χ2n) is 9.17. The van der Waals surface area contributed by atoms with Crippen molar-refractivity contribution in [3.05, 3.63) is 60.2 Å². The van der Waals surface area contributed by atoms with Crippen molar-refractivity contribution < 1.29 is 28.6 Å². The number of esters is 1. The number of amides is 2. The van der Waals surface area contributed by atoms with E-state index >= 15 is 0 Å². The number of anilines is 1. The number of carbonyl (C=O) groups is 3. The van der Waals surface area contributed by atoms with E-state index in [0.717, 1.165) is 30.6 Å². The zero-order valence-corrected chi connectivity index (χ0v) is 22.7. The Morgan fingerprint density at radius 3 is 2.16 bits per heavy atom. The van der Waals surface area contributed by atoms with E-state index in [4.69, 9.17) is 14.2 Å². The number of alkyl carbamates (subject to hydrolysis) is 1. The minimum absolute atomic E-state index is 0.0785. The lowest BCUT2D eigenvalue weighted by Crippen LogP contribution is -2.45. The van der Waals surface area contributed by atoms with Crippen LogP contribution in [0.5, 0.6) is 5.75 Å². The van der Waals surface area contributed by atoms with Gasteiger partial charge in [-0.05, 0) is 42.7 Å². The maximum Gasteiger partial charge on any atom is 0.407 e. The van der Waals surface area contributed by atoms with Gasteiger partial charge < -0.3 is 24.8 Å². The first kappa shape index (κ1) is 30.7. The van der Waals surface area contributed by atoms with Gasteiger partial charge in [-0.15, -0.1) is 0 Å². The molecule has 0 fully saturated rings. The molecule has 0 heterocycles. The zero-order valence-electron chi connectivity index (χ0n) is 22.7. The van der Waals surface area contributed by atoms with E-state index in [1.165, 1.54) is 25.7 Å². The smallest absolute Gasteiger partial charge is 0.407 e. The number of hydrogen-bond acceptors (Lipinski definition) is 6. The van der Waals surface area contributed by atoms with Crippen molar-refractivity contribution >= 4 is 23.7 Å².